The van der Waals surface area contributed by atoms with Gasteiger partial charge in [-0.3, -0.25) is 0 Å². The Kier molecular flexibility index (Phi) is 4.84. The van der Waals surface area contributed by atoms with Crippen LogP contribution in [0.25, 0.3) is 11.0 Å². The quantitative estimate of drug-likeness (QED) is 0.599. The molecule has 0 aliphatic heterocycles. The molecule has 0 aliphatic rings. The molecule has 0 radical (unpaired) electrons. The molecule has 0 saturated carbocycles. The fourth-order valence-electron chi connectivity index (χ4n) is 2.36. The van der Waals surface area contributed by atoms with Crippen LogP contribution in [-0.4, -0.2) is 30.8 Å². The average molecular weight is 310 g/mol. The minimum Gasteiger partial charge on any atom is -0.399 e. The first-order valence-corrected chi connectivity index (χ1v) is 8.99. The van der Waals surface area contributed by atoms with E-state index < -0.39 is 10.0 Å². The fraction of sp³-hybridized carbons (Fsp3) is 0.500. The van der Waals surface area contributed by atoms with Crippen LogP contribution >= 0.6 is 0 Å². The smallest absolute Gasteiger partial charge is 0.208 e. The number of sulfonamides is 1. The third-order valence-corrected chi connectivity index (χ3v) is 3.98. The molecule has 0 atom stereocenters. The third-order valence-electron chi connectivity index (χ3n) is 3.25. The normalized spacial score (nSPS) is 12.1. The monoisotopic (exact) mass is 310 g/mol. The predicted octanol–water partition coefficient (Wildman–Crippen LogP) is 1.51. The number of nitrogens with one attached hydrogen (secondary N) is 1. The van der Waals surface area contributed by atoms with E-state index in [0.717, 1.165) is 42.7 Å². The van der Waals surface area contributed by atoms with E-state index in [4.69, 9.17) is 5.73 Å². The van der Waals surface area contributed by atoms with Crippen molar-refractivity contribution in [1.82, 2.24) is 14.3 Å². The molecule has 1 aromatic carbocycles. The first-order valence-electron chi connectivity index (χ1n) is 7.10. The van der Waals surface area contributed by atoms with E-state index >= 15 is 0 Å². The number of aromatic nitrogens is 2. The van der Waals surface area contributed by atoms with Crippen molar-refractivity contribution in [2.24, 2.45) is 0 Å². The predicted molar refractivity (Wildman–Crippen MR) is 85.6 cm³/mol. The van der Waals surface area contributed by atoms with E-state index in [2.05, 4.69) is 21.2 Å². The summed E-state index contributed by atoms with van der Waals surface area (Å²) in [7, 11) is -3.13. The highest BCUT2D eigenvalue weighted by Crippen LogP contribution is 2.20. The summed E-state index contributed by atoms with van der Waals surface area (Å²) in [6.07, 6.45) is 3.80. The lowest BCUT2D eigenvalue weighted by molar-refractivity contribution is 0.572. The molecular formula is C14H22N4O2S. The van der Waals surface area contributed by atoms with Crippen molar-refractivity contribution in [1.29, 1.82) is 0 Å². The number of nitrogens with zero attached hydrogens (tertiary/aromatic N) is 2. The van der Waals surface area contributed by atoms with Crippen LogP contribution in [0.3, 0.4) is 0 Å². The number of fused-ring (bicyclic) bond motifs is 1. The van der Waals surface area contributed by atoms with Gasteiger partial charge < -0.3 is 10.3 Å². The van der Waals surface area contributed by atoms with Gasteiger partial charge in [-0.25, -0.2) is 18.1 Å². The van der Waals surface area contributed by atoms with Crippen LogP contribution in [0.15, 0.2) is 18.2 Å². The van der Waals surface area contributed by atoms with Crippen molar-refractivity contribution in [2.75, 3.05) is 18.5 Å². The second-order valence-corrected chi connectivity index (χ2v) is 7.03. The Bertz CT molecular complexity index is 722. The molecule has 7 heteroatoms. The number of nitrogen functional groups attached to an aromatic ring is 1. The molecule has 0 aliphatic carbocycles. The lowest BCUT2D eigenvalue weighted by Crippen LogP contribution is -2.24. The van der Waals surface area contributed by atoms with Crippen LogP contribution in [0.5, 0.6) is 0 Å². The van der Waals surface area contributed by atoms with E-state index in [1.165, 1.54) is 6.26 Å². The second kappa shape index (κ2) is 6.44. The Balaban J connectivity index is 2.18. The van der Waals surface area contributed by atoms with E-state index in [1.54, 1.807) is 0 Å². The molecule has 0 bridgehead atoms. The summed E-state index contributed by atoms with van der Waals surface area (Å²) >= 11 is 0. The van der Waals surface area contributed by atoms with E-state index in [0.29, 0.717) is 12.2 Å². The standard InChI is InChI=1S/C14H22N4O2S/c1-3-5-14-17-12-10-11(15)6-7-13(12)18(14)9-4-8-16-21(2,19)20/h6-7,10,16H,3-5,8-9,15H2,1-2H3. The second-order valence-electron chi connectivity index (χ2n) is 5.20. The molecule has 0 spiro atoms. The van der Waals surface area contributed by atoms with Crippen LogP contribution in [-0.2, 0) is 23.0 Å². The van der Waals surface area contributed by atoms with Gasteiger partial charge >= 0.3 is 0 Å². The number of aryl methyl sites for hydroxylation is 2. The molecule has 0 unspecified atom stereocenters. The summed E-state index contributed by atoms with van der Waals surface area (Å²) in [6.45, 7) is 3.28. The number of anilines is 1. The SMILES string of the molecule is CCCc1nc2cc(N)ccc2n1CCCNS(C)(=O)=O. The third kappa shape index (κ3) is 4.18. The highest BCUT2D eigenvalue weighted by atomic mass is 32.2. The van der Waals surface area contributed by atoms with Crippen molar-refractivity contribution in [2.45, 2.75) is 32.7 Å². The maximum atomic E-state index is 11.1. The zero-order valence-electron chi connectivity index (χ0n) is 12.5. The molecule has 2 aromatic rings. The van der Waals surface area contributed by atoms with Gasteiger partial charge in [-0.1, -0.05) is 6.92 Å². The Morgan fingerprint density at radius 2 is 2.14 bits per heavy atom. The summed E-state index contributed by atoms with van der Waals surface area (Å²) in [5.41, 5.74) is 8.45. The Hall–Kier alpha value is -1.60. The van der Waals surface area contributed by atoms with Crippen LogP contribution < -0.4 is 10.5 Å². The van der Waals surface area contributed by atoms with Gasteiger partial charge in [-0.05, 0) is 31.0 Å². The number of rotatable bonds is 7. The van der Waals surface area contributed by atoms with Crippen LogP contribution in [0.2, 0.25) is 0 Å². The Morgan fingerprint density at radius 1 is 1.38 bits per heavy atom. The van der Waals surface area contributed by atoms with Crippen molar-refractivity contribution in [3.05, 3.63) is 24.0 Å². The maximum Gasteiger partial charge on any atom is 0.208 e. The molecule has 3 N–H and O–H groups in total. The summed E-state index contributed by atoms with van der Waals surface area (Å²) in [5.74, 6) is 1.03. The first kappa shape index (κ1) is 15.8. The number of nitrogens with two attached hydrogens (primary N) is 1. The van der Waals surface area contributed by atoms with Crippen molar-refractivity contribution in [3.63, 3.8) is 0 Å². The Labute approximate surface area is 125 Å². The number of imidazole rings is 1. The van der Waals surface area contributed by atoms with Gasteiger partial charge in [0.05, 0.1) is 17.3 Å². The molecule has 0 saturated heterocycles. The van der Waals surface area contributed by atoms with Gasteiger partial charge in [0.15, 0.2) is 0 Å². The molecular weight excluding hydrogens is 288 g/mol. The largest absolute Gasteiger partial charge is 0.399 e. The molecule has 0 fully saturated rings. The minimum absolute atomic E-state index is 0.430. The van der Waals surface area contributed by atoms with Crippen LogP contribution in [0, 0.1) is 0 Å². The molecule has 21 heavy (non-hydrogen) atoms. The lowest BCUT2D eigenvalue weighted by atomic mass is 10.2. The molecule has 1 aromatic heterocycles. The first-order chi connectivity index (χ1) is 9.90. The summed E-state index contributed by atoms with van der Waals surface area (Å²) < 4.78 is 26.8. The molecule has 2 rings (SSSR count). The van der Waals surface area contributed by atoms with E-state index in [1.807, 2.05) is 18.2 Å². The van der Waals surface area contributed by atoms with Gasteiger partial charge in [-0.15, -0.1) is 0 Å². The van der Waals surface area contributed by atoms with Gasteiger partial charge in [0.2, 0.25) is 10.0 Å². The molecule has 1 heterocycles. The maximum absolute atomic E-state index is 11.1. The van der Waals surface area contributed by atoms with Crippen LogP contribution in [0.4, 0.5) is 5.69 Å². The number of hydrogen-bond acceptors (Lipinski definition) is 4. The minimum atomic E-state index is -3.13. The highest BCUT2D eigenvalue weighted by Gasteiger charge is 2.10. The van der Waals surface area contributed by atoms with Crippen molar-refractivity contribution >= 4 is 26.7 Å². The van der Waals surface area contributed by atoms with E-state index in [9.17, 15) is 8.42 Å². The zero-order chi connectivity index (χ0) is 15.5. The molecule has 116 valence electrons. The lowest BCUT2D eigenvalue weighted by Gasteiger charge is -2.09. The fourth-order valence-corrected chi connectivity index (χ4v) is 2.87. The highest BCUT2D eigenvalue weighted by molar-refractivity contribution is 7.88. The number of benzene rings is 1. The number of hydrogen-bond donors (Lipinski definition) is 2. The van der Waals surface area contributed by atoms with Gasteiger partial charge in [0.25, 0.3) is 0 Å². The molecule has 6 nitrogen and oxygen atoms in total. The van der Waals surface area contributed by atoms with Gasteiger partial charge in [0, 0.05) is 25.2 Å². The summed E-state index contributed by atoms with van der Waals surface area (Å²) in [6, 6.07) is 5.71. The zero-order valence-corrected chi connectivity index (χ0v) is 13.3. The van der Waals surface area contributed by atoms with Gasteiger partial charge in [0.1, 0.15) is 5.82 Å². The average Bonchev–Trinajstić information content (AvgIpc) is 2.71. The topological polar surface area (TPSA) is 90.0 Å². The summed E-state index contributed by atoms with van der Waals surface area (Å²) in [4.78, 5) is 4.64. The van der Waals surface area contributed by atoms with Gasteiger partial charge in [-0.2, -0.15) is 0 Å². The van der Waals surface area contributed by atoms with E-state index in [-0.39, 0.29) is 0 Å². The van der Waals surface area contributed by atoms with Crippen molar-refractivity contribution < 1.29 is 8.42 Å². The van der Waals surface area contributed by atoms with Crippen molar-refractivity contribution in [3.8, 4) is 0 Å². The summed E-state index contributed by atoms with van der Waals surface area (Å²) in [5, 5.41) is 0. The Morgan fingerprint density at radius 3 is 2.81 bits per heavy atom. The molecule has 0 amide bonds. The van der Waals surface area contributed by atoms with Crippen LogP contribution in [0.1, 0.15) is 25.6 Å².